The Kier molecular flexibility index (Phi) is 2.64. The molecule has 2 nitrogen and oxygen atoms in total. The van der Waals surface area contributed by atoms with Gasteiger partial charge in [0, 0.05) is 0 Å². The third-order valence-electron chi connectivity index (χ3n) is 0.629. The molecule has 62 valence electrons. The van der Waals surface area contributed by atoms with Gasteiger partial charge in [0.15, 0.2) is 0 Å². The molecule has 0 amide bonds. The van der Waals surface area contributed by atoms with Gasteiger partial charge in [-0.2, -0.15) is 21.6 Å². The quantitative estimate of drug-likeness (QED) is 0.473. The lowest BCUT2D eigenvalue weighted by molar-refractivity contribution is -0.130. The van der Waals surface area contributed by atoms with Crippen LogP contribution in [0.25, 0.3) is 0 Å². The SMILES string of the molecule is O=S(=O)(F)CCC(F)(F)F. The molecule has 0 heterocycles. The van der Waals surface area contributed by atoms with Crippen LogP contribution in [-0.2, 0) is 10.2 Å². The van der Waals surface area contributed by atoms with Crippen molar-refractivity contribution in [2.75, 3.05) is 5.75 Å². The van der Waals surface area contributed by atoms with Gasteiger partial charge < -0.3 is 0 Å². The van der Waals surface area contributed by atoms with Gasteiger partial charge in [0.05, 0.1) is 12.2 Å². The fourth-order valence-electron chi connectivity index (χ4n) is 0.238. The Bertz CT molecular complexity index is 191. The summed E-state index contributed by atoms with van der Waals surface area (Å²) in [6.07, 6.45) is -6.25. The second-order valence-electron chi connectivity index (χ2n) is 1.61. The average Bonchev–Trinajstić information content (AvgIpc) is 1.57. The van der Waals surface area contributed by atoms with Crippen LogP contribution >= 0.6 is 0 Å². The van der Waals surface area contributed by atoms with Crippen LogP contribution in [-0.4, -0.2) is 20.3 Å². The van der Waals surface area contributed by atoms with Gasteiger partial charge in [-0.05, 0) is 0 Å². The summed E-state index contributed by atoms with van der Waals surface area (Å²) in [4.78, 5) is 0. The lowest BCUT2D eigenvalue weighted by Gasteiger charge is -2.01. The summed E-state index contributed by atoms with van der Waals surface area (Å²) < 4.78 is 63.9. The first kappa shape index (κ1) is 9.67. The van der Waals surface area contributed by atoms with E-state index in [4.69, 9.17) is 0 Å². The average molecular weight is 180 g/mol. The van der Waals surface area contributed by atoms with Crippen LogP contribution in [0.15, 0.2) is 0 Å². The molecule has 0 rings (SSSR count). The van der Waals surface area contributed by atoms with Gasteiger partial charge in [-0.15, -0.1) is 3.89 Å². The first-order valence-corrected chi connectivity index (χ1v) is 3.75. The Balaban J connectivity index is 3.79. The molecule has 7 heteroatoms. The van der Waals surface area contributed by atoms with Crippen LogP contribution in [0.3, 0.4) is 0 Å². The third-order valence-corrected chi connectivity index (χ3v) is 1.32. The predicted octanol–water partition coefficient (Wildman–Crippen LogP) is 1.24. The number of alkyl halides is 3. The molecule has 0 saturated heterocycles. The highest BCUT2D eigenvalue weighted by Gasteiger charge is 2.29. The molecule has 0 atom stereocenters. The molecule has 0 fully saturated rings. The van der Waals surface area contributed by atoms with E-state index in [2.05, 4.69) is 0 Å². The van der Waals surface area contributed by atoms with Crippen LogP contribution in [0, 0.1) is 0 Å². The van der Waals surface area contributed by atoms with Crippen molar-refractivity contribution in [2.24, 2.45) is 0 Å². The Morgan fingerprint density at radius 2 is 1.60 bits per heavy atom. The van der Waals surface area contributed by atoms with Crippen molar-refractivity contribution in [3.8, 4) is 0 Å². The minimum atomic E-state index is -4.98. The molecular formula is C3H4F4O2S. The number of hydrogen-bond donors (Lipinski definition) is 0. The topological polar surface area (TPSA) is 34.1 Å². The summed E-state index contributed by atoms with van der Waals surface area (Å²) >= 11 is 0. The fourth-order valence-corrected chi connectivity index (χ4v) is 0.713. The van der Waals surface area contributed by atoms with E-state index < -0.39 is 28.6 Å². The largest absolute Gasteiger partial charge is 0.390 e. The van der Waals surface area contributed by atoms with Crippen LogP contribution < -0.4 is 0 Å². The first-order chi connectivity index (χ1) is 4.21. The molecule has 10 heavy (non-hydrogen) atoms. The highest BCUT2D eigenvalue weighted by atomic mass is 32.3. The molecule has 0 aliphatic heterocycles. The monoisotopic (exact) mass is 180 g/mol. The van der Waals surface area contributed by atoms with Crippen LogP contribution in [0.1, 0.15) is 6.42 Å². The summed E-state index contributed by atoms with van der Waals surface area (Å²) in [6, 6.07) is 0. The lowest BCUT2D eigenvalue weighted by Crippen LogP contribution is -2.13. The lowest BCUT2D eigenvalue weighted by atomic mass is 10.5. The van der Waals surface area contributed by atoms with Gasteiger partial charge in [-0.3, -0.25) is 0 Å². The van der Waals surface area contributed by atoms with Crippen molar-refractivity contribution < 1.29 is 25.5 Å². The molecule has 0 N–H and O–H groups in total. The minimum Gasteiger partial charge on any atom is -0.195 e. The molecule has 0 aliphatic rings. The molecule has 0 spiro atoms. The van der Waals surface area contributed by atoms with Crippen molar-refractivity contribution in [2.45, 2.75) is 12.6 Å². The Morgan fingerprint density at radius 1 is 1.20 bits per heavy atom. The zero-order chi connectivity index (χ0) is 8.41. The molecule has 0 aromatic rings. The van der Waals surface area contributed by atoms with Crippen molar-refractivity contribution in [1.29, 1.82) is 0 Å². The van der Waals surface area contributed by atoms with E-state index in [9.17, 15) is 25.5 Å². The maximum Gasteiger partial charge on any atom is 0.390 e. The molecule has 0 saturated carbocycles. The molecule has 0 radical (unpaired) electrons. The highest BCUT2D eigenvalue weighted by Crippen LogP contribution is 2.20. The molecule has 0 aromatic heterocycles. The molecule has 0 unspecified atom stereocenters. The second kappa shape index (κ2) is 2.73. The minimum absolute atomic E-state index is 1.49. The number of rotatable bonds is 2. The maximum absolute atomic E-state index is 11.4. The van der Waals surface area contributed by atoms with Crippen LogP contribution in [0.4, 0.5) is 17.1 Å². The summed E-state index contributed by atoms with van der Waals surface area (Å²) in [5, 5.41) is 0. The zero-order valence-electron chi connectivity index (χ0n) is 4.65. The maximum atomic E-state index is 11.4. The van der Waals surface area contributed by atoms with E-state index in [0.717, 1.165) is 0 Å². The fraction of sp³-hybridized carbons (Fsp3) is 1.00. The van der Waals surface area contributed by atoms with Crippen molar-refractivity contribution in [1.82, 2.24) is 0 Å². The summed E-state index contributed by atoms with van der Waals surface area (Å²) in [5.74, 6) is -1.49. The van der Waals surface area contributed by atoms with E-state index in [1.807, 2.05) is 0 Å². The van der Waals surface area contributed by atoms with Crippen LogP contribution in [0.2, 0.25) is 0 Å². The van der Waals surface area contributed by atoms with Crippen LogP contribution in [0.5, 0.6) is 0 Å². The smallest absolute Gasteiger partial charge is 0.195 e. The van der Waals surface area contributed by atoms with E-state index in [1.54, 1.807) is 0 Å². The standard InChI is InChI=1S/C3H4F4O2S/c4-3(5,6)1-2-10(7,8)9/h1-2H2. The van der Waals surface area contributed by atoms with Gasteiger partial charge in [0.2, 0.25) is 0 Å². The van der Waals surface area contributed by atoms with Crippen molar-refractivity contribution >= 4 is 10.2 Å². The Labute approximate surface area is 55.1 Å². The van der Waals surface area contributed by atoms with Gasteiger partial charge in [0.1, 0.15) is 0 Å². The Morgan fingerprint density at radius 3 is 1.70 bits per heavy atom. The molecule has 0 aliphatic carbocycles. The van der Waals surface area contributed by atoms with Crippen molar-refractivity contribution in [3.63, 3.8) is 0 Å². The van der Waals surface area contributed by atoms with Gasteiger partial charge in [-0.1, -0.05) is 0 Å². The first-order valence-electron chi connectivity index (χ1n) is 2.20. The van der Waals surface area contributed by atoms with Gasteiger partial charge in [0.25, 0.3) is 0 Å². The van der Waals surface area contributed by atoms with Crippen molar-refractivity contribution in [3.05, 3.63) is 0 Å². The molecule has 0 bridgehead atoms. The number of hydrogen-bond acceptors (Lipinski definition) is 2. The summed E-state index contributed by atoms with van der Waals surface area (Å²) in [5.41, 5.74) is 0. The summed E-state index contributed by atoms with van der Waals surface area (Å²) in [6.45, 7) is 0. The van der Waals surface area contributed by atoms with Gasteiger partial charge >= 0.3 is 16.4 Å². The van der Waals surface area contributed by atoms with E-state index in [1.165, 1.54) is 0 Å². The van der Waals surface area contributed by atoms with E-state index in [0.29, 0.717) is 0 Å². The second-order valence-corrected chi connectivity index (χ2v) is 3.09. The number of halogens is 4. The zero-order valence-corrected chi connectivity index (χ0v) is 5.47. The van der Waals surface area contributed by atoms with E-state index in [-0.39, 0.29) is 0 Å². The third kappa shape index (κ3) is 7.67. The van der Waals surface area contributed by atoms with Gasteiger partial charge in [-0.25, -0.2) is 0 Å². The normalized spacial score (nSPS) is 13.6. The molecular weight excluding hydrogens is 176 g/mol. The Hall–Kier alpha value is -0.330. The molecule has 0 aromatic carbocycles. The highest BCUT2D eigenvalue weighted by molar-refractivity contribution is 7.86. The van der Waals surface area contributed by atoms with E-state index >= 15 is 0 Å². The predicted molar refractivity (Wildman–Crippen MR) is 25.6 cm³/mol. The summed E-state index contributed by atoms with van der Waals surface area (Å²) in [7, 11) is -4.98.